The van der Waals surface area contributed by atoms with Crippen LogP contribution in [0, 0.1) is 11.8 Å². The highest BCUT2D eigenvalue weighted by Crippen LogP contribution is 2.17. The average Bonchev–Trinajstić information content (AvgIpc) is 2.82. The lowest BCUT2D eigenvalue weighted by atomic mass is 10.1. The number of nitrogens with one attached hydrogen (secondary N) is 2. The highest BCUT2D eigenvalue weighted by molar-refractivity contribution is 5.87. The van der Waals surface area contributed by atoms with E-state index in [0.29, 0.717) is 26.2 Å². The fourth-order valence-corrected chi connectivity index (χ4v) is 3.31. The zero-order valence-corrected chi connectivity index (χ0v) is 17.7. The molecule has 3 amide bonds. The largest absolute Gasteiger partial charge is 0.508 e. The van der Waals surface area contributed by atoms with Crippen LogP contribution >= 0.6 is 0 Å². The van der Waals surface area contributed by atoms with Gasteiger partial charge in [0.1, 0.15) is 11.8 Å². The van der Waals surface area contributed by atoms with E-state index in [9.17, 15) is 19.8 Å². The van der Waals surface area contributed by atoms with Crippen molar-refractivity contribution in [2.75, 3.05) is 31.1 Å². The fourth-order valence-electron chi connectivity index (χ4n) is 3.31. The average molecular weight is 438 g/mol. The minimum atomic E-state index is -1.24. The minimum absolute atomic E-state index is 0.205. The molecule has 5 N–H and O–H groups in total. The van der Waals surface area contributed by atoms with Crippen molar-refractivity contribution in [3.05, 3.63) is 59.7 Å². The summed E-state index contributed by atoms with van der Waals surface area (Å²) >= 11 is 0. The molecule has 1 saturated heterocycles. The molecule has 168 valence electrons. The van der Waals surface area contributed by atoms with Gasteiger partial charge in [-0.2, -0.15) is 0 Å². The number of carbonyl (C=O) groups excluding carboxylic acids is 2. The predicted octanol–water partition coefficient (Wildman–Crippen LogP) is 0.878. The molecule has 0 aliphatic carbocycles. The van der Waals surface area contributed by atoms with Gasteiger partial charge in [-0.25, -0.2) is 10.3 Å². The summed E-state index contributed by atoms with van der Waals surface area (Å²) in [5, 5.41) is 30.2. The number of hydroxylamine groups is 1. The van der Waals surface area contributed by atoms with E-state index in [4.69, 9.17) is 5.21 Å². The number of amides is 3. The van der Waals surface area contributed by atoms with E-state index in [1.54, 1.807) is 29.2 Å². The number of aliphatic hydroxyl groups is 1. The highest BCUT2D eigenvalue weighted by Gasteiger charge is 2.29. The molecule has 1 aliphatic rings. The number of aliphatic hydroxyl groups excluding tert-OH is 1. The molecular weight excluding hydrogens is 412 g/mol. The summed E-state index contributed by atoms with van der Waals surface area (Å²) in [6.07, 6.45) is -1.15. The summed E-state index contributed by atoms with van der Waals surface area (Å²) in [6, 6.07) is 12.8. The Kier molecular flexibility index (Phi) is 7.54. The van der Waals surface area contributed by atoms with Crippen molar-refractivity contribution in [3.8, 4) is 17.6 Å². The first-order valence-corrected chi connectivity index (χ1v) is 10.2. The molecule has 0 aromatic heterocycles. The Bertz CT molecular complexity index is 988. The number of benzene rings is 2. The van der Waals surface area contributed by atoms with Gasteiger partial charge in [-0.1, -0.05) is 11.8 Å². The molecule has 2 atom stereocenters. The molecule has 1 aliphatic heterocycles. The molecule has 9 heteroatoms. The highest BCUT2D eigenvalue weighted by atomic mass is 16.5. The van der Waals surface area contributed by atoms with Crippen LogP contribution in [0.3, 0.4) is 0 Å². The molecular formula is C23H26N4O5. The summed E-state index contributed by atoms with van der Waals surface area (Å²) in [5.74, 6) is 5.47. The molecule has 0 radical (unpaired) electrons. The number of rotatable bonds is 4. The molecule has 0 bridgehead atoms. The van der Waals surface area contributed by atoms with Crippen molar-refractivity contribution >= 4 is 17.6 Å². The van der Waals surface area contributed by atoms with Crippen LogP contribution in [0.15, 0.2) is 48.5 Å². The fraction of sp³-hybridized carbons (Fsp3) is 0.304. The number of aromatic hydroxyl groups is 1. The monoisotopic (exact) mass is 438 g/mol. The molecule has 0 saturated carbocycles. The number of phenolic OH excluding ortho intramolecular Hbond substituents is 1. The second-order valence-corrected chi connectivity index (χ2v) is 7.46. The third kappa shape index (κ3) is 5.91. The van der Waals surface area contributed by atoms with Crippen molar-refractivity contribution in [1.82, 2.24) is 15.7 Å². The van der Waals surface area contributed by atoms with Crippen LogP contribution in [-0.2, 0) is 4.79 Å². The second-order valence-electron chi connectivity index (χ2n) is 7.46. The van der Waals surface area contributed by atoms with Crippen molar-refractivity contribution in [2.24, 2.45) is 0 Å². The van der Waals surface area contributed by atoms with Gasteiger partial charge in [0.2, 0.25) is 0 Å². The standard InChI is InChI=1S/C23H26N4O5/c1-16(28)21(22(30)25-32)24-23(31)27-14-12-26(13-15-27)19-8-4-17(5-9-19)2-3-18-6-10-20(29)11-7-18/h4-11,16,21,28-29,32H,12-15H2,1H3,(H,24,31)(H,25,30)/t16-,21+/m1/s1. The van der Waals surface area contributed by atoms with Crippen LogP contribution in [0.25, 0.3) is 0 Å². The Balaban J connectivity index is 1.54. The Labute approximate surface area is 186 Å². The summed E-state index contributed by atoms with van der Waals surface area (Å²) in [6.45, 7) is 3.47. The number of hydrogen-bond donors (Lipinski definition) is 5. The zero-order valence-electron chi connectivity index (χ0n) is 17.7. The first-order valence-electron chi connectivity index (χ1n) is 10.2. The van der Waals surface area contributed by atoms with Crippen molar-refractivity contribution in [2.45, 2.75) is 19.1 Å². The van der Waals surface area contributed by atoms with E-state index in [2.05, 4.69) is 22.1 Å². The van der Waals surface area contributed by atoms with Crippen LogP contribution in [0.5, 0.6) is 5.75 Å². The maximum atomic E-state index is 12.4. The topological polar surface area (TPSA) is 125 Å². The Morgan fingerprint density at radius 3 is 1.97 bits per heavy atom. The summed E-state index contributed by atoms with van der Waals surface area (Å²) in [4.78, 5) is 27.7. The van der Waals surface area contributed by atoms with E-state index >= 15 is 0 Å². The van der Waals surface area contributed by atoms with Gasteiger partial charge in [-0.15, -0.1) is 0 Å². The van der Waals surface area contributed by atoms with Crippen LogP contribution in [0.2, 0.25) is 0 Å². The zero-order chi connectivity index (χ0) is 23.1. The van der Waals surface area contributed by atoms with E-state index in [1.807, 2.05) is 24.3 Å². The van der Waals surface area contributed by atoms with E-state index in [0.717, 1.165) is 16.8 Å². The van der Waals surface area contributed by atoms with Crippen LogP contribution in [-0.4, -0.2) is 70.6 Å². The third-order valence-corrected chi connectivity index (χ3v) is 5.17. The summed E-state index contributed by atoms with van der Waals surface area (Å²) in [7, 11) is 0. The number of anilines is 1. The molecule has 1 heterocycles. The van der Waals surface area contributed by atoms with E-state index in [1.165, 1.54) is 12.4 Å². The Morgan fingerprint density at radius 2 is 1.47 bits per heavy atom. The van der Waals surface area contributed by atoms with Gasteiger partial charge in [-0.05, 0) is 55.5 Å². The normalized spacial score (nSPS) is 15.2. The molecule has 2 aromatic carbocycles. The summed E-state index contributed by atoms with van der Waals surface area (Å²) in [5.41, 5.74) is 4.15. The third-order valence-electron chi connectivity index (χ3n) is 5.17. The molecule has 0 spiro atoms. The maximum Gasteiger partial charge on any atom is 0.318 e. The van der Waals surface area contributed by atoms with E-state index < -0.39 is 24.1 Å². The van der Waals surface area contributed by atoms with Crippen molar-refractivity contribution in [1.29, 1.82) is 0 Å². The van der Waals surface area contributed by atoms with Gasteiger partial charge in [0.05, 0.1) is 6.10 Å². The first kappa shape index (κ1) is 22.9. The molecule has 3 rings (SSSR count). The second kappa shape index (κ2) is 10.5. The molecule has 32 heavy (non-hydrogen) atoms. The number of urea groups is 1. The quantitative estimate of drug-likeness (QED) is 0.274. The van der Waals surface area contributed by atoms with Crippen LogP contribution in [0.4, 0.5) is 10.5 Å². The van der Waals surface area contributed by atoms with Crippen LogP contribution < -0.4 is 15.7 Å². The molecule has 9 nitrogen and oxygen atoms in total. The molecule has 1 fully saturated rings. The number of phenols is 1. The van der Waals surface area contributed by atoms with Gasteiger partial charge >= 0.3 is 6.03 Å². The number of nitrogens with zero attached hydrogens (tertiary/aromatic N) is 2. The lowest BCUT2D eigenvalue weighted by Gasteiger charge is -2.36. The number of piperazine rings is 1. The maximum absolute atomic E-state index is 12.4. The lowest BCUT2D eigenvalue weighted by molar-refractivity contribution is -0.133. The SMILES string of the molecule is C[C@@H](O)[C@H](NC(=O)N1CCN(c2ccc(C#Cc3ccc(O)cc3)cc2)CC1)C(=O)NO. The lowest BCUT2D eigenvalue weighted by Crippen LogP contribution is -2.58. The Morgan fingerprint density at radius 1 is 0.938 bits per heavy atom. The smallest absolute Gasteiger partial charge is 0.318 e. The predicted molar refractivity (Wildman–Crippen MR) is 118 cm³/mol. The Hall–Kier alpha value is -3.74. The molecule has 0 unspecified atom stereocenters. The van der Waals surface area contributed by atoms with Gasteiger partial charge in [0.15, 0.2) is 0 Å². The first-order chi connectivity index (χ1) is 15.4. The van der Waals surface area contributed by atoms with Crippen molar-refractivity contribution < 1.29 is 25.0 Å². The minimum Gasteiger partial charge on any atom is -0.508 e. The summed E-state index contributed by atoms with van der Waals surface area (Å²) < 4.78 is 0. The van der Waals surface area contributed by atoms with E-state index in [-0.39, 0.29) is 5.75 Å². The van der Waals surface area contributed by atoms with Gasteiger partial charge in [0.25, 0.3) is 5.91 Å². The number of carbonyl (C=O) groups is 2. The van der Waals surface area contributed by atoms with Crippen molar-refractivity contribution in [3.63, 3.8) is 0 Å². The van der Waals surface area contributed by atoms with Gasteiger partial charge in [0, 0.05) is 43.0 Å². The number of hydrogen-bond acceptors (Lipinski definition) is 6. The van der Waals surface area contributed by atoms with Gasteiger partial charge in [-0.3, -0.25) is 10.0 Å². The molecule has 2 aromatic rings. The van der Waals surface area contributed by atoms with Gasteiger partial charge < -0.3 is 25.3 Å². The van der Waals surface area contributed by atoms with Crippen LogP contribution in [0.1, 0.15) is 18.1 Å².